The van der Waals surface area contributed by atoms with Crippen molar-refractivity contribution in [3.05, 3.63) is 65.1 Å². The van der Waals surface area contributed by atoms with E-state index >= 15 is 0 Å². The Kier molecular flexibility index (Phi) is 5.66. The highest BCUT2D eigenvalue weighted by molar-refractivity contribution is 6.02. The molecule has 2 bridgehead atoms. The highest BCUT2D eigenvalue weighted by Crippen LogP contribution is 2.35. The number of nitrogens with zero attached hydrogens (tertiary/aromatic N) is 6. The molecule has 196 valence electrons. The Morgan fingerprint density at radius 3 is 2.63 bits per heavy atom. The summed E-state index contributed by atoms with van der Waals surface area (Å²) in [6.07, 6.45) is 9.46. The van der Waals surface area contributed by atoms with E-state index < -0.39 is 0 Å². The standard InChI is InChI=1S/C28H31N7O3/c1-32-16-20-2-3-21(17-32)35(20)27(36)19-12-23-22(4-6-29-26(23)30-14-19)18-5-7-34-25(13-18)24(15-31-34)28(37)33-8-10-38-11-9-33/h4-5,7,12-15,20-21H,2-3,6,8-11,16-17H2,1H3,(H,29,30). The topological polar surface area (TPSA) is 95.3 Å². The fourth-order valence-corrected chi connectivity index (χ4v) is 6.41. The van der Waals surface area contributed by atoms with Crippen LogP contribution in [0.3, 0.4) is 0 Å². The largest absolute Gasteiger partial charge is 0.378 e. The molecule has 4 aliphatic rings. The molecule has 0 saturated carbocycles. The molecule has 3 saturated heterocycles. The Morgan fingerprint density at radius 2 is 1.84 bits per heavy atom. The van der Waals surface area contributed by atoms with Crippen LogP contribution in [0.5, 0.6) is 0 Å². The van der Waals surface area contributed by atoms with E-state index in [0.29, 0.717) is 44.0 Å². The fraction of sp³-hybridized carbons (Fsp3) is 0.429. The van der Waals surface area contributed by atoms with Gasteiger partial charge in [0.05, 0.1) is 36.1 Å². The lowest BCUT2D eigenvalue weighted by atomic mass is 9.94. The van der Waals surface area contributed by atoms with E-state index in [1.54, 1.807) is 16.9 Å². The van der Waals surface area contributed by atoms with Crippen molar-refractivity contribution >= 4 is 28.7 Å². The van der Waals surface area contributed by atoms with E-state index in [2.05, 4.69) is 38.3 Å². The maximum Gasteiger partial charge on any atom is 0.257 e. The molecule has 4 aliphatic heterocycles. The number of carbonyl (C=O) groups is 2. The van der Waals surface area contributed by atoms with Gasteiger partial charge in [-0.05, 0) is 49.2 Å². The van der Waals surface area contributed by atoms with Gasteiger partial charge in [0, 0.05) is 62.8 Å². The second kappa shape index (κ2) is 9.21. The summed E-state index contributed by atoms with van der Waals surface area (Å²) in [5.74, 6) is 0.797. The molecule has 0 aromatic carbocycles. The van der Waals surface area contributed by atoms with Crippen LogP contribution in [0.2, 0.25) is 0 Å². The number of anilines is 1. The van der Waals surface area contributed by atoms with Gasteiger partial charge >= 0.3 is 0 Å². The average Bonchev–Trinajstić information content (AvgIpc) is 3.50. The highest BCUT2D eigenvalue weighted by atomic mass is 16.5. The predicted molar refractivity (Wildman–Crippen MR) is 142 cm³/mol. The Bertz CT molecular complexity index is 1440. The van der Waals surface area contributed by atoms with Gasteiger partial charge in [-0.25, -0.2) is 9.50 Å². The molecule has 0 aliphatic carbocycles. The molecular formula is C28H31N7O3. The number of aromatic nitrogens is 3. The lowest BCUT2D eigenvalue weighted by Gasteiger charge is -2.39. The second-order valence-corrected chi connectivity index (χ2v) is 10.6. The summed E-state index contributed by atoms with van der Waals surface area (Å²) in [6.45, 7) is 4.74. The Morgan fingerprint density at radius 1 is 1.05 bits per heavy atom. The van der Waals surface area contributed by atoms with Crippen molar-refractivity contribution in [3.8, 4) is 0 Å². The zero-order valence-electron chi connectivity index (χ0n) is 21.5. The van der Waals surface area contributed by atoms with Crippen molar-refractivity contribution in [3.63, 3.8) is 0 Å². The van der Waals surface area contributed by atoms with Crippen LogP contribution in [0.25, 0.3) is 11.1 Å². The molecule has 3 aromatic heterocycles. The number of carbonyl (C=O) groups excluding carboxylic acids is 2. The number of hydrogen-bond acceptors (Lipinski definition) is 7. The van der Waals surface area contributed by atoms with Crippen molar-refractivity contribution in [1.29, 1.82) is 0 Å². The van der Waals surface area contributed by atoms with Crippen molar-refractivity contribution in [2.45, 2.75) is 24.9 Å². The summed E-state index contributed by atoms with van der Waals surface area (Å²) < 4.78 is 7.15. The quantitative estimate of drug-likeness (QED) is 0.572. The van der Waals surface area contributed by atoms with Crippen molar-refractivity contribution < 1.29 is 14.3 Å². The third-order valence-electron chi connectivity index (χ3n) is 8.26. The van der Waals surface area contributed by atoms with Gasteiger partial charge < -0.3 is 24.8 Å². The first kappa shape index (κ1) is 23.4. The van der Waals surface area contributed by atoms with E-state index in [-0.39, 0.29) is 23.9 Å². The van der Waals surface area contributed by atoms with Gasteiger partial charge in [-0.3, -0.25) is 9.59 Å². The summed E-state index contributed by atoms with van der Waals surface area (Å²) >= 11 is 0. The van der Waals surface area contributed by atoms with Crippen LogP contribution in [-0.2, 0) is 4.74 Å². The van der Waals surface area contributed by atoms with E-state index in [0.717, 1.165) is 54.0 Å². The number of rotatable bonds is 3. The van der Waals surface area contributed by atoms with Crippen molar-refractivity contribution in [2.75, 3.05) is 58.3 Å². The minimum Gasteiger partial charge on any atom is -0.378 e. The average molecular weight is 514 g/mol. The number of ether oxygens (including phenoxy) is 1. The van der Waals surface area contributed by atoms with Crippen LogP contribution in [0.4, 0.5) is 5.82 Å². The highest BCUT2D eigenvalue weighted by Gasteiger charge is 2.42. The van der Waals surface area contributed by atoms with Crippen LogP contribution >= 0.6 is 0 Å². The molecule has 2 amide bonds. The van der Waals surface area contributed by atoms with Crippen molar-refractivity contribution in [1.82, 2.24) is 29.3 Å². The zero-order valence-corrected chi connectivity index (χ0v) is 21.5. The number of fused-ring (bicyclic) bond motifs is 4. The number of likely N-dealkylation sites (N-methyl/N-ethyl adjacent to an activating group) is 1. The smallest absolute Gasteiger partial charge is 0.257 e. The van der Waals surface area contributed by atoms with Crippen LogP contribution in [0.15, 0.2) is 42.9 Å². The third kappa shape index (κ3) is 3.86. The molecule has 3 aromatic rings. The van der Waals surface area contributed by atoms with Gasteiger partial charge in [0.15, 0.2) is 0 Å². The van der Waals surface area contributed by atoms with E-state index in [1.165, 1.54) is 0 Å². The van der Waals surface area contributed by atoms with Crippen LogP contribution in [0, 0.1) is 0 Å². The number of pyridine rings is 2. The molecule has 3 fully saturated rings. The molecule has 0 radical (unpaired) electrons. The van der Waals surface area contributed by atoms with Crippen LogP contribution < -0.4 is 5.32 Å². The molecule has 7 rings (SSSR count). The van der Waals surface area contributed by atoms with Gasteiger partial charge in [0.25, 0.3) is 11.8 Å². The lowest BCUT2D eigenvalue weighted by Crippen LogP contribution is -2.54. The van der Waals surface area contributed by atoms with Gasteiger partial charge in [0.2, 0.25) is 0 Å². The molecule has 2 unspecified atom stereocenters. The monoisotopic (exact) mass is 513 g/mol. The number of amides is 2. The number of nitrogens with one attached hydrogen (secondary N) is 1. The maximum atomic E-state index is 13.7. The molecule has 0 spiro atoms. The SMILES string of the molecule is CN1CC2CCC(C1)N2C(=O)c1cnc2c(c1)C(c1ccn3ncc(C(=O)N4CCOCC4)c3c1)=CCN2. The summed E-state index contributed by atoms with van der Waals surface area (Å²) in [7, 11) is 2.13. The summed E-state index contributed by atoms with van der Waals surface area (Å²) in [6, 6.07) is 6.51. The van der Waals surface area contributed by atoms with E-state index in [4.69, 9.17) is 4.74 Å². The molecule has 1 N–H and O–H groups in total. The summed E-state index contributed by atoms with van der Waals surface area (Å²) in [5, 5.41) is 7.76. The number of piperazine rings is 1. The summed E-state index contributed by atoms with van der Waals surface area (Å²) in [5.41, 5.74) is 4.81. The first-order chi connectivity index (χ1) is 18.6. The second-order valence-electron chi connectivity index (χ2n) is 10.6. The molecule has 10 nitrogen and oxygen atoms in total. The first-order valence-corrected chi connectivity index (χ1v) is 13.4. The summed E-state index contributed by atoms with van der Waals surface area (Å²) in [4.78, 5) is 37.8. The van der Waals surface area contributed by atoms with Crippen LogP contribution in [-0.4, -0.2) is 106 Å². The van der Waals surface area contributed by atoms with E-state index in [9.17, 15) is 9.59 Å². The lowest BCUT2D eigenvalue weighted by molar-refractivity contribution is 0.0304. The van der Waals surface area contributed by atoms with Gasteiger partial charge in [-0.15, -0.1) is 0 Å². The zero-order chi connectivity index (χ0) is 25.8. The Labute approximate surface area is 220 Å². The molecule has 7 heterocycles. The number of morpholine rings is 1. The van der Waals surface area contributed by atoms with Gasteiger partial charge in [-0.2, -0.15) is 5.10 Å². The maximum absolute atomic E-state index is 13.7. The number of hydrogen-bond donors (Lipinski definition) is 1. The number of likely N-dealkylation sites (tertiary alicyclic amines) is 1. The third-order valence-corrected chi connectivity index (χ3v) is 8.26. The van der Waals surface area contributed by atoms with Gasteiger partial charge in [0.1, 0.15) is 5.82 Å². The Balaban J connectivity index is 1.22. The molecule has 10 heteroatoms. The fourth-order valence-electron chi connectivity index (χ4n) is 6.41. The molecular weight excluding hydrogens is 482 g/mol. The normalized spacial score (nSPS) is 23.2. The predicted octanol–water partition coefficient (Wildman–Crippen LogP) is 1.98. The van der Waals surface area contributed by atoms with E-state index in [1.807, 2.05) is 29.3 Å². The molecule has 38 heavy (non-hydrogen) atoms. The minimum absolute atomic E-state index is 0.0310. The van der Waals surface area contributed by atoms with Crippen LogP contribution in [0.1, 0.15) is 44.7 Å². The van der Waals surface area contributed by atoms with Crippen molar-refractivity contribution in [2.24, 2.45) is 0 Å². The van der Waals surface area contributed by atoms with Gasteiger partial charge in [-0.1, -0.05) is 6.08 Å². The molecule has 2 atom stereocenters. The first-order valence-electron chi connectivity index (χ1n) is 13.4. The Hall–Kier alpha value is -3.76. The minimum atomic E-state index is -0.0310.